The molecular weight excluding hydrogens is 303 g/mol. The Balaban J connectivity index is 1.82. The highest BCUT2D eigenvalue weighted by Crippen LogP contribution is 2.46. The fourth-order valence-electron chi connectivity index (χ4n) is 4.52. The molecule has 1 aromatic heterocycles. The van der Waals surface area contributed by atoms with Gasteiger partial charge in [0.1, 0.15) is 0 Å². The fourth-order valence-corrected chi connectivity index (χ4v) is 4.52. The Morgan fingerprint density at radius 1 is 1.04 bits per heavy atom. The van der Waals surface area contributed by atoms with E-state index in [0.29, 0.717) is 6.04 Å². The summed E-state index contributed by atoms with van der Waals surface area (Å²) in [5.41, 5.74) is 0.462. The van der Waals surface area contributed by atoms with Crippen LogP contribution in [0.4, 0.5) is 0 Å². The first-order chi connectivity index (χ1) is 11.6. The Morgan fingerprint density at radius 3 is 2.08 bits per heavy atom. The van der Waals surface area contributed by atoms with Crippen molar-refractivity contribution in [1.82, 2.24) is 9.78 Å². The zero-order valence-electron chi connectivity index (χ0n) is 15.6. The van der Waals surface area contributed by atoms with Crippen molar-refractivity contribution in [2.45, 2.75) is 83.5 Å². The Morgan fingerprint density at radius 2 is 1.58 bits per heavy atom. The van der Waals surface area contributed by atoms with Crippen LogP contribution in [0.25, 0.3) is 0 Å². The zero-order valence-corrected chi connectivity index (χ0v) is 15.6. The molecule has 0 aromatic carbocycles. The molecule has 134 valence electrons. The largest absolute Gasteiger partial charge is 0.516 e. The minimum Gasteiger partial charge on any atom is -0.398 e. The summed E-state index contributed by atoms with van der Waals surface area (Å²) < 4.78 is 20.5. The summed E-state index contributed by atoms with van der Waals surface area (Å²) in [6.45, 7) is 10.5. The monoisotopic (exact) mass is 334 g/mol. The van der Waals surface area contributed by atoms with Gasteiger partial charge in [0.05, 0.1) is 22.8 Å². The summed E-state index contributed by atoms with van der Waals surface area (Å²) in [7, 11) is -0.356. The van der Waals surface area contributed by atoms with Gasteiger partial charge < -0.3 is 14.0 Å². The molecule has 2 fully saturated rings. The molecule has 0 amide bonds. The average Bonchev–Trinajstić information content (AvgIpc) is 3.26. The van der Waals surface area contributed by atoms with Gasteiger partial charge in [-0.2, -0.15) is 5.10 Å². The predicted octanol–water partition coefficient (Wildman–Crippen LogP) is 3.09. The molecule has 6 heteroatoms. The molecule has 1 aromatic rings. The number of hydrogen-bond acceptors (Lipinski definition) is 4. The van der Waals surface area contributed by atoms with Gasteiger partial charge in [-0.15, -0.1) is 0 Å². The van der Waals surface area contributed by atoms with E-state index < -0.39 is 0 Å². The predicted molar refractivity (Wildman–Crippen MR) is 95.5 cm³/mol. The van der Waals surface area contributed by atoms with Crippen LogP contribution in [0, 0.1) is 0 Å². The molecular formula is C18H31BN2O3. The molecule has 0 bridgehead atoms. The van der Waals surface area contributed by atoms with Crippen LogP contribution in [0.1, 0.15) is 72.3 Å². The molecule has 0 aliphatic carbocycles. The summed E-state index contributed by atoms with van der Waals surface area (Å²) in [5, 5.41) is 4.80. The van der Waals surface area contributed by atoms with Gasteiger partial charge in [0.2, 0.25) is 0 Å². The van der Waals surface area contributed by atoms with Crippen LogP contribution in [0.15, 0.2) is 12.3 Å². The van der Waals surface area contributed by atoms with E-state index in [2.05, 4.69) is 44.6 Å². The van der Waals surface area contributed by atoms with Gasteiger partial charge in [0.25, 0.3) is 0 Å². The van der Waals surface area contributed by atoms with Crippen molar-refractivity contribution in [3.63, 3.8) is 0 Å². The number of aromatic nitrogens is 2. The molecule has 0 saturated carbocycles. The lowest BCUT2D eigenvalue weighted by Gasteiger charge is -2.42. The van der Waals surface area contributed by atoms with E-state index in [1.807, 2.05) is 0 Å². The summed E-state index contributed by atoms with van der Waals surface area (Å²) in [4.78, 5) is 0. The second-order valence-corrected chi connectivity index (χ2v) is 7.03. The molecule has 3 rings (SSSR count). The first-order valence-corrected chi connectivity index (χ1v) is 9.62. The fraction of sp³-hybridized carbons (Fsp3) is 0.833. The van der Waals surface area contributed by atoms with E-state index in [9.17, 15) is 0 Å². The van der Waals surface area contributed by atoms with Crippen molar-refractivity contribution in [2.75, 3.05) is 13.2 Å². The van der Waals surface area contributed by atoms with Gasteiger partial charge in [-0.25, -0.2) is 0 Å². The molecule has 0 N–H and O–H groups in total. The van der Waals surface area contributed by atoms with Crippen LogP contribution in [-0.2, 0) is 14.0 Å². The smallest absolute Gasteiger partial charge is 0.398 e. The lowest BCUT2D eigenvalue weighted by Crippen LogP contribution is -2.50. The third-order valence-electron chi connectivity index (χ3n) is 6.22. The highest BCUT2D eigenvalue weighted by molar-refractivity contribution is 6.61. The van der Waals surface area contributed by atoms with Crippen LogP contribution in [-0.4, -0.2) is 41.3 Å². The Labute approximate surface area is 146 Å². The van der Waals surface area contributed by atoms with Crippen LogP contribution in [0.5, 0.6) is 0 Å². The molecule has 0 unspecified atom stereocenters. The SMILES string of the molecule is CCC1(CC)OB(c2ccn(C3CCOCC3)n2)OC1(CC)CC. The Bertz CT molecular complexity index is 514. The van der Waals surface area contributed by atoms with Crippen LogP contribution < -0.4 is 5.59 Å². The molecule has 0 radical (unpaired) electrons. The van der Waals surface area contributed by atoms with Crippen molar-refractivity contribution in [1.29, 1.82) is 0 Å². The minimum atomic E-state index is -0.356. The van der Waals surface area contributed by atoms with Crippen molar-refractivity contribution in [3.8, 4) is 0 Å². The Kier molecular flexibility index (Phi) is 5.38. The van der Waals surface area contributed by atoms with Crippen LogP contribution >= 0.6 is 0 Å². The number of ether oxygens (including phenoxy) is 1. The molecule has 2 aliphatic rings. The first-order valence-electron chi connectivity index (χ1n) is 9.62. The molecule has 2 aliphatic heterocycles. The minimum absolute atomic E-state index is 0.219. The number of hydrogen-bond donors (Lipinski definition) is 0. The summed E-state index contributed by atoms with van der Waals surface area (Å²) in [6, 6.07) is 2.48. The summed E-state index contributed by atoms with van der Waals surface area (Å²) in [6.07, 6.45) is 7.95. The standard InChI is InChI=1S/C18H31BN2O3/c1-5-17(6-2)18(7-3,8-4)24-19(23-17)16-9-12-21(20-16)15-10-13-22-14-11-15/h9,12,15H,5-8,10-11,13-14H2,1-4H3. The van der Waals surface area contributed by atoms with E-state index >= 15 is 0 Å². The summed E-state index contributed by atoms with van der Waals surface area (Å²) in [5.74, 6) is 0. The zero-order chi connectivity index (χ0) is 17.2. The van der Waals surface area contributed by atoms with Crippen molar-refractivity contribution in [2.24, 2.45) is 0 Å². The van der Waals surface area contributed by atoms with Gasteiger partial charge in [-0.3, -0.25) is 4.68 Å². The van der Waals surface area contributed by atoms with Gasteiger partial charge >= 0.3 is 7.12 Å². The van der Waals surface area contributed by atoms with E-state index in [1.54, 1.807) is 0 Å². The van der Waals surface area contributed by atoms with Crippen molar-refractivity contribution < 1.29 is 14.0 Å². The second-order valence-electron chi connectivity index (χ2n) is 7.03. The van der Waals surface area contributed by atoms with Crippen molar-refractivity contribution in [3.05, 3.63) is 12.3 Å². The second kappa shape index (κ2) is 7.18. The first kappa shape index (κ1) is 18.0. The van der Waals surface area contributed by atoms with Crippen molar-refractivity contribution >= 4 is 12.7 Å². The number of nitrogens with zero attached hydrogens (tertiary/aromatic N) is 2. The highest BCUT2D eigenvalue weighted by atomic mass is 16.7. The third kappa shape index (κ3) is 2.82. The maximum atomic E-state index is 6.51. The number of rotatable bonds is 6. The summed E-state index contributed by atoms with van der Waals surface area (Å²) >= 11 is 0. The van der Waals surface area contributed by atoms with Gasteiger partial charge in [0, 0.05) is 19.4 Å². The Hall–Kier alpha value is -0.845. The molecule has 0 spiro atoms. The normalized spacial score (nSPS) is 23.8. The van der Waals surface area contributed by atoms with Crippen LogP contribution in [0.3, 0.4) is 0 Å². The maximum absolute atomic E-state index is 6.51. The topological polar surface area (TPSA) is 45.5 Å². The van der Waals surface area contributed by atoms with Gasteiger partial charge in [0.15, 0.2) is 0 Å². The quantitative estimate of drug-likeness (QED) is 0.750. The lowest BCUT2D eigenvalue weighted by molar-refractivity contribution is -0.0601. The van der Waals surface area contributed by atoms with E-state index in [-0.39, 0.29) is 18.3 Å². The average molecular weight is 334 g/mol. The van der Waals surface area contributed by atoms with E-state index in [4.69, 9.17) is 19.1 Å². The highest BCUT2D eigenvalue weighted by Gasteiger charge is 2.59. The van der Waals surface area contributed by atoms with Gasteiger partial charge in [-0.05, 0) is 44.6 Å². The molecule has 0 atom stereocenters. The lowest BCUT2D eigenvalue weighted by atomic mass is 9.75. The van der Waals surface area contributed by atoms with E-state index in [1.165, 1.54) is 0 Å². The molecule has 5 nitrogen and oxygen atoms in total. The van der Waals surface area contributed by atoms with E-state index in [0.717, 1.165) is 57.3 Å². The molecule has 2 saturated heterocycles. The maximum Gasteiger partial charge on any atom is 0.516 e. The molecule has 3 heterocycles. The van der Waals surface area contributed by atoms with Crippen LogP contribution in [0.2, 0.25) is 0 Å². The van der Waals surface area contributed by atoms with Gasteiger partial charge in [-0.1, -0.05) is 27.7 Å². The third-order valence-corrected chi connectivity index (χ3v) is 6.22. The molecule has 24 heavy (non-hydrogen) atoms.